The van der Waals surface area contributed by atoms with Crippen molar-refractivity contribution < 1.29 is 4.79 Å². The van der Waals surface area contributed by atoms with Gasteiger partial charge in [0.2, 0.25) is 0 Å². The first-order valence-corrected chi connectivity index (χ1v) is 8.50. The van der Waals surface area contributed by atoms with E-state index < -0.39 is 0 Å². The zero-order chi connectivity index (χ0) is 14.8. The molecule has 0 radical (unpaired) electrons. The van der Waals surface area contributed by atoms with Gasteiger partial charge in [-0.3, -0.25) is 0 Å². The Kier molecular flexibility index (Phi) is 3.87. The van der Waals surface area contributed by atoms with Gasteiger partial charge >= 0.3 is 130 Å². The molecule has 0 unspecified atom stereocenters. The monoisotopic (exact) mass is 341 g/mol. The van der Waals surface area contributed by atoms with E-state index in [9.17, 15) is 4.79 Å². The van der Waals surface area contributed by atoms with Crippen LogP contribution in [0.25, 0.3) is 10.1 Å². The summed E-state index contributed by atoms with van der Waals surface area (Å²) in [5.74, 6) is 0.110. The van der Waals surface area contributed by atoms with Crippen LogP contribution in [-0.4, -0.2) is 25.3 Å². The summed E-state index contributed by atoms with van der Waals surface area (Å²) in [6.45, 7) is 4.00. The van der Waals surface area contributed by atoms with Crippen molar-refractivity contribution in [3.63, 3.8) is 0 Å². The van der Waals surface area contributed by atoms with E-state index in [4.69, 9.17) is 0 Å². The van der Waals surface area contributed by atoms with Crippen LogP contribution in [0.3, 0.4) is 0 Å². The summed E-state index contributed by atoms with van der Waals surface area (Å²) in [5.41, 5.74) is 3.96. The molecular formula is C18H15NOSe. The van der Waals surface area contributed by atoms with E-state index in [1.165, 1.54) is 5.56 Å². The Morgan fingerprint density at radius 1 is 0.952 bits per heavy atom. The number of benzene rings is 2. The van der Waals surface area contributed by atoms with Crippen LogP contribution in [0.2, 0.25) is 0 Å². The summed E-state index contributed by atoms with van der Waals surface area (Å²) in [5, 5.41) is 0. The summed E-state index contributed by atoms with van der Waals surface area (Å²) in [6, 6.07) is 17.8. The van der Waals surface area contributed by atoms with Crippen molar-refractivity contribution in [2.24, 2.45) is 0 Å². The van der Waals surface area contributed by atoms with Gasteiger partial charge in [0.1, 0.15) is 0 Å². The third-order valence-electron chi connectivity index (χ3n) is 3.34. The fourth-order valence-corrected chi connectivity index (χ4v) is 4.32. The molecule has 21 heavy (non-hydrogen) atoms. The van der Waals surface area contributed by atoms with Crippen molar-refractivity contribution in [2.75, 3.05) is 0 Å². The summed E-state index contributed by atoms with van der Waals surface area (Å²) in [7, 11) is 0. The molecule has 0 spiro atoms. The molecule has 3 rings (SSSR count). The van der Waals surface area contributed by atoms with E-state index in [0.717, 1.165) is 25.8 Å². The number of aryl methyl sites for hydroxylation is 2. The Bertz CT molecular complexity index is 773. The predicted molar refractivity (Wildman–Crippen MR) is 86.0 cm³/mol. The van der Waals surface area contributed by atoms with E-state index >= 15 is 0 Å². The van der Waals surface area contributed by atoms with Crippen LogP contribution < -0.4 is 0 Å². The molecule has 1 heterocycles. The first kappa shape index (κ1) is 14.0. The van der Waals surface area contributed by atoms with Crippen LogP contribution >= 0.6 is 0 Å². The molecule has 2 aromatic carbocycles. The number of rotatable bonds is 3. The van der Waals surface area contributed by atoms with Crippen LogP contribution in [-0.2, 0) is 0 Å². The standard InChI is InChI=1S/C18H15NOSe/c1-12-8-10-15(11-9-12)18-19-13(2)17(21-18)16(20)14-6-4-3-5-7-14/h3-11H,1-2H3. The van der Waals surface area contributed by atoms with Gasteiger partial charge in [-0.15, -0.1) is 0 Å². The first-order chi connectivity index (χ1) is 10.1. The molecule has 0 aliphatic heterocycles. The average molecular weight is 340 g/mol. The number of nitrogens with zero attached hydrogens (tertiary/aromatic N) is 1. The topological polar surface area (TPSA) is 30.0 Å². The fraction of sp³-hybridized carbons (Fsp3) is 0.111. The van der Waals surface area contributed by atoms with E-state index in [1.807, 2.05) is 37.3 Å². The molecule has 0 atom stereocenters. The SMILES string of the molecule is Cc1ccc(-c2nc(C)c(C(=O)c3ccccc3)[se]2)cc1. The molecule has 1 aromatic heterocycles. The van der Waals surface area contributed by atoms with Crippen LogP contribution in [0.15, 0.2) is 54.6 Å². The Balaban J connectivity index is 1.98. The molecule has 104 valence electrons. The van der Waals surface area contributed by atoms with Crippen LogP contribution in [0, 0.1) is 13.8 Å². The Morgan fingerprint density at radius 3 is 2.29 bits per heavy atom. The van der Waals surface area contributed by atoms with Gasteiger partial charge < -0.3 is 0 Å². The molecular weight excluding hydrogens is 325 g/mol. The third kappa shape index (κ3) is 2.89. The molecule has 0 saturated carbocycles. The molecule has 3 heteroatoms. The third-order valence-corrected chi connectivity index (χ3v) is 5.87. The van der Waals surface area contributed by atoms with Gasteiger partial charge in [-0.05, 0) is 0 Å². The van der Waals surface area contributed by atoms with Gasteiger partial charge in [-0.1, -0.05) is 0 Å². The van der Waals surface area contributed by atoms with Crippen molar-refractivity contribution in [3.05, 3.63) is 75.9 Å². The Morgan fingerprint density at radius 2 is 1.62 bits per heavy atom. The van der Waals surface area contributed by atoms with E-state index in [-0.39, 0.29) is 20.3 Å². The quantitative estimate of drug-likeness (QED) is 0.538. The molecule has 0 bridgehead atoms. The number of carbonyl (C=O) groups is 1. The maximum atomic E-state index is 12.6. The zero-order valence-electron chi connectivity index (χ0n) is 12.0. The number of hydrogen-bond acceptors (Lipinski definition) is 2. The number of hydrogen-bond donors (Lipinski definition) is 0. The number of carbonyl (C=O) groups excluding carboxylic acids is 1. The van der Waals surface area contributed by atoms with Gasteiger partial charge in [0.15, 0.2) is 0 Å². The fourth-order valence-electron chi connectivity index (χ4n) is 2.15. The van der Waals surface area contributed by atoms with Gasteiger partial charge in [0.05, 0.1) is 0 Å². The van der Waals surface area contributed by atoms with Gasteiger partial charge in [0, 0.05) is 0 Å². The summed E-state index contributed by atoms with van der Waals surface area (Å²) in [4.78, 5) is 17.2. The van der Waals surface area contributed by atoms with Crippen molar-refractivity contribution >= 4 is 20.3 Å². The second-order valence-electron chi connectivity index (χ2n) is 4.99. The minimum absolute atomic E-state index is 0.0216. The first-order valence-electron chi connectivity index (χ1n) is 6.79. The van der Waals surface area contributed by atoms with Crippen LogP contribution in [0.4, 0.5) is 0 Å². The molecule has 0 fully saturated rings. The average Bonchev–Trinajstić information content (AvgIpc) is 2.90. The van der Waals surface area contributed by atoms with Crippen molar-refractivity contribution in [3.8, 4) is 10.1 Å². The Hall–Kier alpha value is -1.96. The van der Waals surface area contributed by atoms with Crippen molar-refractivity contribution in [1.29, 1.82) is 0 Å². The predicted octanol–water partition coefficient (Wildman–Crippen LogP) is 3.65. The summed E-state index contributed by atoms with van der Waals surface area (Å²) in [6.07, 6.45) is 0. The molecule has 0 N–H and O–H groups in total. The molecule has 0 aliphatic rings. The molecule has 2 nitrogen and oxygen atoms in total. The zero-order valence-corrected chi connectivity index (χ0v) is 13.7. The van der Waals surface area contributed by atoms with Crippen molar-refractivity contribution in [1.82, 2.24) is 4.98 Å². The second-order valence-corrected chi connectivity index (χ2v) is 7.09. The van der Waals surface area contributed by atoms with Crippen LogP contribution in [0.5, 0.6) is 0 Å². The summed E-state index contributed by atoms with van der Waals surface area (Å²) >= 11 is -0.0216. The molecule has 0 amide bonds. The number of ketones is 1. The second kappa shape index (κ2) is 5.80. The molecule has 0 saturated heterocycles. The van der Waals surface area contributed by atoms with Crippen LogP contribution in [0.1, 0.15) is 26.1 Å². The van der Waals surface area contributed by atoms with E-state index in [0.29, 0.717) is 0 Å². The van der Waals surface area contributed by atoms with Crippen molar-refractivity contribution in [2.45, 2.75) is 13.8 Å². The van der Waals surface area contributed by atoms with Gasteiger partial charge in [0.25, 0.3) is 0 Å². The normalized spacial score (nSPS) is 10.6. The van der Waals surface area contributed by atoms with Gasteiger partial charge in [-0.2, -0.15) is 0 Å². The van der Waals surface area contributed by atoms with Gasteiger partial charge in [-0.25, -0.2) is 0 Å². The summed E-state index contributed by atoms with van der Waals surface area (Å²) < 4.78 is 1.91. The van der Waals surface area contributed by atoms with E-state index in [1.54, 1.807) is 0 Å². The number of aromatic nitrogens is 1. The Labute approximate surface area is 130 Å². The van der Waals surface area contributed by atoms with E-state index in [2.05, 4.69) is 36.2 Å². The maximum absolute atomic E-state index is 12.6. The molecule has 3 aromatic rings. The molecule has 0 aliphatic carbocycles. The minimum atomic E-state index is -0.0216.